The topological polar surface area (TPSA) is 78.9 Å². The van der Waals surface area contributed by atoms with Gasteiger partial charge in [0.1, 0.15) is 0 Å². The van der Waals surface area contributed by atoms with Crippen LogP contribution < -0.4 is 5.32 Å². The van der Waals surface area contributed by atoms with Crippen molar-refractivity contribution in [1.82, 2.24) is 10.4 Å². The number of carboxylic acid groups (broad SMARTS) is 1. The highest BCUT2D eigenvalue weighted by Crippen LogP contribution is 2.26. The zero-order chi connectivity index (χ0) is 11.4. The summed E-state index contributed by atoms with van der Waals surface area (Å²) in [5.41, 5.74) is 0. The van der Waals surface area contributed by atoms with Gasteiger partial charge in [-0.05, 0) is 19.3 Å². The van der Waals surface area contributed by atoms with Crippen molar-refractivity contribution in [3.05, 3.63) is 0 Å². The summed E-state index contributed by atoms with van der Waals surface area (Å²) in [7, 11) is 2.99. The van der Waals surface area contributed by atoms with Crippen molar-refractivity contribution >= 4 is 12.0 Å². The summed E-state index contributed by atoms with van der Waals surface area (Å²) >= 11 is 0. The van der Waals surface area contributed by atoms with Crippen molar-refractivity contribution in [3.8, 4) is 0 Å². The van der Waals surface area contributed by atoms with E-state index in [9.17, 15) is 9.59 Å². The predicted octanol–water partition coefficient (Wildman–Crippen LogP) is 0.442. The van der Waals surface area contributed by atoms with E-state index in [1.807, 2.05) is 0 Å². The Hall–Kier alpha value is -1.30. The minimum Gasteiger partial charge on any atom is -0.465 e. The Morgan fingerprint density at radius 3 is 2.67 bits per heavy atom. The Kier molecular flexibility index (Phi) is 3.90. The van der Waals surface area contributed by atoms with Crippen molar-refractivity contribution in [1.29, 1.82) is 0 Å². The Bertz CT molecular complexity index is 256. The molecule has 1 aliphatic rings. The minimum absolute atomic E-state index is 0.0906. The first-order chi connectivity index (χ1) is 7.04. The van der Waals surface area contributed by atoms with E-state index in [0.717, 1.165) is 0 Å². The van der Waals surface area contributed by atoms with Gasteiger partial charge >= 0.3 is 6.09 Å². The summed E-state index contributed by atoms with van der Waals surface area (Å²) in [6.07, 6.45) is 0.935. The molecular formula is C9H16N2O4. The molecule has 0 heterocycles. The maximum Gasteiger partial charge on any atom is 0.404 e. The Morgan fingerprint density at radius 1 is 1.47 bits per heavy atom. The monoisotopic (exact) mass is 216 g/mol. The molecular weight excluding hydrogens is 200 g/mol. The van der Waals surface area contributed by atoms with Crippen molar-refractivity contribution < 1.29 is 19.5 Å². The molecule has 86 valence electrons. The van der Waals surface area contributed by atoms with Crippen molar-refractivity contribution in [2.45, 2.75) is 25.3 Å². The molecule has 0 bridgehead atoms. The SMILES string of the molecule is CON(C)C(=O)C1CCC(NC(=O)O)C1. The Balaban J connectivity index is 2.42. The van der Waals surface area contributed by atoms with E-state index in [1.54, 1.807) is 7.05 Å². The Morgan fingerprint density at radius 2 is 2.13 bits per heavy atom. The average Bonchev–Trinajstić information content (AvgIpc) is 2.63. The maximum atomic E-state index is 11.6. The van der Waals surface area contributed by atoms with Crippen LogP contribution in [0.1, 0.15) is 19.3 Å². The molecule has 1 fully saturated rings. The molecule has 0 aromatic heterocycles. The van der Waals surface area contributed by atoms with E-state index < -0.39 is 6.09 Å². The standard InChI is InChI=1S/C9H16N2O4/c1-11(15-2)8(12)6-3-4-7(5-6)10-9(13)14/h6-7,10H,3-5H2,1-2H3,(H,13,14). The van der Waals surface area contributed by atoms with Crippen LogP contribution in [0.5, 0.6) is 0 Å². The number of nitrogens with one attached hydrogen (secondary N) is 1. The highest BCUT2D eigenvalue weighted by molar-refractivity contribution is 5.78. The number of rotatable bonds is 3. The molecule has 0 saturated heterocycles. The molecule has 0 spiro atoms. The summed E-state index contributed by atoms with van der Waals surface area (Å²) in [6, 6.07) is -0.110. The smallest absolute Gasteiger partial charge is 0.404 e. The largest absolute Gasteiger partial charge is 0.465 e. The molecule has 6 nitrogen and oxygen atoms in total. The average molecular weight is 216 g/mol. The second kappa shape index (κ2) is 4.97. The quantitative estimate of drug-likeness (QED) is 0.671. The maximum absolute atomic E-state index is 11.6. The van der Waals surface area contributed by atoms with Gasteiger partial charge in [-0.25, -0.2) is 9.86 Å². The van der Waals surface area contributed by atoms with Crippen LogP contribution in [0.3, 0.4) is 0 Å². The lowest BCUT2D eigenvalue weighted by Crippen LogP contribution is -2.34. The zero-order valence-electron chi connectivity index (χ0n) is 8.90. The molecule has 2 unspecified atom stereocenters. The van der Waals surface area contributed by atoms with Crippen LogP contribution in [0.2, 0.25) is 0 Å². The van der Waals surface area contributed by atoms with E-state index in [1.165, 1.54) is 12.2 Å². The zero-order valence-corrected chi connectivity index (χ0v) is 8.90. The van der Waals surface area contributed by atoms with Gasteiger partial charge in [0.25, 0.3) is 0 Å². The summed E-state index contributed by atoms with van der Waals surface area (Å²) < 4.78 is 0. The van der Waals surface area contributed by atoms with Gasteiger partial charge in [-0.2, -0.15) is 0 Å². The Labute approximate surface area is 88.1 Å². The van der Waals surface area contributed by atoms with E-state index in [-0.39, 0.29) is 17.9 Å². The van der Waals surface area contributed by atoms with Crippen molar-refractivity contribution in [2.24, 2.45) is 5.92 Å². The number of amides is 2. The molecule has 1 aliphatic carbocycles. The second-order valence-corrected chi connectivity index (χ2v) is 3.67. The van der Waals surface area contributed by atoms with Gasteiger partial charge in [-0.15, -0.1) is 0 Å². The number of hydroxylamine groups is 2. The van der Waals surface area contributed by atoms with Crippen molar-refractivity contribution in [2.75, 3.05) is 14.2 Å². The summed E-state index contributed by atoms with van der Waals surface area (Å²) in [4.78, 5) is 26.8. The first-order valence-electron chi connectivity index (χ1n) is 4.85. The first-order valence-corrected chi connectivity index (χ1v) is 4.85. The van der Waals surface area contributed by atoms with Gasteiger partial charge < -0.3 is 10.4 Å². The van der Waals surface area contributed by atoms with Gasteiger partial charge in [0.05, 0.1) is 7.11 Å². The van der Waals surface area contributed by atoms with Crippen LogP contribution in [0.25, 0.3) is 0 Å². The number of carbonyl (C=O) groups excluding carboxylic acids is 1. The van der Waals surface area contributed by atoms with Gasteiger partial charge in [-0.1, -0.05) is 0 Å². The van der Waals surface area contributed by atoms with E-state index >= 15 is 0 Å². The normalized spacial score (nSPS) is 24.9. The molecule has 2 atom stereocenters. The number of hydrogen-bond acceptors (Lipinski definition) is 3. The lowest BCUT2D eigenvalue weighted by Gasteiger charge is -2.18. The van der Waals surface area contributed by atoms with E-state index in [4.69, 9.17) is 9.94 Å². The molecule has 0 aromatic carbocycles. The highest BCUT2D eigenvalue weighted by atomic mass is 16.7. The van der Waals surface area contributed by atoms with Gasteiger partial charge in [0.2, 0.25) is 5.91 Å². The van der Waals surface area contributed by atoms with Crippen LogP contribution in [0.4, 0.5) is 4.79 Å². The third-order valence-corrected chi connectivity index (χ3v) is 2.69. The predicted molar refractivity (Wildman–Crippen MR) is 52.1 cm³/mol. The molecule has 1 saturated carbocycles. The van der Waals surface area contributed by atoms with Crippen molar-refractivity contribution in [3.63, 3.8) is 0 Å². The van der Waals surface area contributed by atoms with E-state index in [2.05, 4.69) is 5.32 Å². The summed E-state index contributed by atoms with van der Waals surface area (Å²) in [5, 5.41) is 12.1. The van der Waals surface area contributed by atoms with Crippen LogP contribution in [0, 0.1) is 5.92 Å². The minimum atomic E-state index is -1.03. The van der Waals surface area contributed by atoms with Gasteiger partial charge in [0, 0.05) is 19.0 Å². The molecule has 2 N–H and O–H groups in total. The number of hydrogen-bond donors (Lipinski definition) is 2. The molecule has 2 amide bonds. The molecule has 15 heavy (non-hydrogen) atoms. The van der Waals surface area contributed by atoms with Crippen LogP contribution in [-0.4, -0.2) is 42.4 Å². The summed E-state index contributed by atoms with van der Waals surface area (Å²) in [5.74, 6) is -0.223. The lowest BCUT2D eigenvalue weighted by atomic mass is 10.1. The molecule has 6 heteroatoms. The number of carbonyl (C=O) groups is 2. The van der Waals surface area contributed by atoms with Gasteiger partial charge in [-0.3, -0.25) is 9.63 Å². The lowest BCUT2D eigenvalue weighted by molar-refractivity contribution is -0.173. The van der Waals surface area contributed by atoms with Gasteiger partial charge in [0.15, 0.2) is 0 Å². The van der Waals surface area contributed by atoms with Crippen LogP contribution >= 0.6 is 0 Å². The molecule has 0 radical (unpaired) electrons. The third-order valence-electron chi connectivity index (χ3n) is 2.69. The fourth-order valence-electron chi connectivity index (χ4n) is 1.86. The second-order valence-electron chi connectivity index (χ2n) is 3.67. The first kappa shape index (κ1) is 11.8. The van der Waals surface area contributed by atoms with E-state index in [0.29, 0.717) is 19.3 Å². The molecule has 0 aliphatic heterocycles. The fourth-order valence-corrected chi connectivity index (χ4v) is 1.86. The fraction of sp³-hybridized carbons (Fsp3) is 0.778. The highest BCUT2D eigenvalue weighted by Gasteiger charge is 2.32. The number of nitrogens with zero attached hydrogens (tertiary/aromatic N) is 1. The molecule has 1 rings (SSSR count). The van der Waals surface area contributed by atoms with Crippen LogP contribution in [-0.2, 0) is 9.63 Å². The van der Waals surface area contributed by atoms with Crippen LogP contribution in [0.15, 0.2) is 0 Å². The summed E-state index contributed by atoms with van der Waals surface area (Å²) in [6.45, 7) is 0. The third kappa shape index (κ3) is 3.09. The molecule has 0 aromatic rings.